The molecule has 2 nitrogen and oxygen atoms in total. The van der Waals surface area contributed by atoms with Crippen molar-refractivity contribution in [3.63, 3.8) is 0 Å². The number of rotatable bonds is 5. The maximum atomic E-state index is 8.52. The van der Waals surface area contributed by atoms with Crippen LogP contribution < -0.4 is 0 Å². The minimum absolute atomic E-state index is 0.201. The summed E-state index contributed by atoms with van der Waals surface area (Å²) in [5, 5.41) is 8.52. The molecule has 0 heterocycles. The molecule has 1 N–H and O–H groups in total. The summed E-state index contributed by atoms with van der Waals surface area (Å²) in [4.78, 5) is 0. The third-order valence-corrected chi connectivity index (χ3v) is 1.25. The standard InChI is InChI=1S/C8H18O2/c1-7(2)6-10-8(3)4-5-9/h7-9H,4-6H2,1-3H3. The van der Waals surface area contributed by atoms with Crippen LogP contribution in [0.15, 0.2) is 0 Å². The highest BCUT2D eigenvalue weighted by atomic mass is 16.5. The van der Waals surface area contributed by atoms with Crippen LogP contribution in [0.25, 0.3) is 0 Å². The van der Waals surface area contributed by atoms with Crippen LogP contribution in [0.1, 0.15) is 27.2 Å². The van der Waals surface area contributed by atoms with E-state index in [4.69, 9.17) is 9.84 Å². The molecule has 0 aromatic rings. The highest BCUT2D eigenvalue weighted by Crippen LogP contribution is 2.00. The van der Waals surface area contributed by atoms with E-state index in [9.17, 15) is 0 Å². The number of aliphatic hydroxyl groups excluding tert-OH is 1. The molecule has 0 saturated heterocycles. The van der Waals surface area contributed by atoms with Crippen molar-refractivity contribution in [2.45, 2.75) is 33.3 Å². The maximum Gasteiger partial charge on any atom is 0.0569 e. The van der Waals surface area contributed by atoms with Crippen molar-refractivity contribution >= 4 is 0 Å². The van der Waals surface area contributed by atoms with Gasteiger partial charge in [0, 0.05) is 13.2 Å². The van der Waals surface area contributed by atoms with Crippen LogP contribution >= 0.6 is 0 Å². The lowest BCUT2D eigenvalue weighted by Crippen LogP contribution is -2.13. The van der Waals surface area contributed by atoms with Crippen molar-refractivity contribution in [3.8, 4) is 0 Å². The second kappa shape index (κ2) is 5.69. The Hall–Kier alpha value is -0.0800. The minimum Gasteiger partial charge on any atom is -0.396 e. The predicted molar refractivity (Wildman–Crippen MR) is 42.0 cm³/mol. The first kappa shape index (κ1) is 9.92. The van der Waals surface area contributed by atoms with Gasteiger partial charge in [-0.15, -0.1) is 0 Å². The normalized spacial score (nSPS) is 14.1. The average Bonchev–Trinajstić information content (AvgIpc) is 1.85. The fourth-order valence-electron chi connectivity index (χ4n) is 0.622. The zero-order valence-corrected chi connectivity index (χ0v) is 7.13. The molecular weight excluding hydrogens is 128 g/mol. The number of aliphatic hydroxyl groups is 1. The molecule has 0 aliphatic heterocycles. The van der Waals surface area contributed by atoms with Gasteiger partial charge in [-0.3, -0.25) is 0 Å². The Bertz CT molecular complexity index is 71.7. The van der Waals surface area contributed by atoms with Crippen molar-refractivity contribution < 1.29 is 9.84 Å². The lowest BCUT2D eigenvalue weighted by Gasteiger charge is -2.12. The summed E-state index contributed by atoms with van der Waals surface area (Å²) < 4.78 is 5.38. The lowest BCUT2D eigenvalue weighted by atomic mass is 10.2. The Morgan fingerprint density at radius 1 is 1.30 bits per heavy atom. The first-order valence-corrected chi connectivity index (χ1v) is 3.89. The second-order valence-electron chi connectivity index (χ2n) is 3.05. The fourth-order valence-corrected chi connectivity index (χ4v) is 0.622. The molecule has 0 aliphatic rings. The number of ether oxygens (including phenoxy) is 1. The highest BCUT2D eigenvalue weighted by molar-refractivity contribution is 4.49. The number of hydrogen-bond acceptors (Lipinski definition) is 2. The van der Waals surface area contributed by atoms with Gasteiger partial charge < -0.3 is 9.84 Å². The average molecular weight is 146 g/mol. The van der Waals surface area contributed by atoms with Crippen molar-refractivity contribution in [2.24, 2.45) is 5.92 Å². The van der Waals surface area contributed by atoms with Gasteiger partial charge in [0.05, 0.1) is 6.10 Å². The summed E-state index contributed by atoms with van der Waals surface area (Å²) in [6.07, 6.45) is 0.944. The topological polar surface area (TPSA) is 29.5 Å². The maximum absolute atomic E-state index is 8.52. The molecule has 0 rings (SSSR count). The second-order valence-corrected chi connectivity index (χ2v) is 3.05. The lowest BCUT2D eigenvalue weighted by molar-refractivity contribution is 0.0322. The van der Waals surface area contributed by atoms with Gasteiger partial charge in [-0.2, -0.15) is 0 Å². The largest absolute Gasteiger partial charge is 0.396 e. The van der Waals surface area contributed by atoms with Gasteiger partial charge >= 0.3 is 0 Å². The van der Waals surface area contributed by atoms with Crippen LogP contribution in [-0.4, -0.2) is 24.4 Å². The Labute approximate surface area is 63.2 Å². The van der Waals surface area contributed by atoms with Crippen LogP contribution in [0.5, 0.6) is 0 Å². The van der Waals surface area contributed by atoms with E-state index in [0.29, 0.717) is 5.92 Å². The highest BCUT2D eigenvalue weighted by Gasteiger charge is 2.01. The van der Waals surface area contributed by atoms with Gasteiger partial charge in [0.2, 0.25) is 0 Å². The third kappa shape index (κ3) is 6.05. The first-order valence-electron chi connectivity index (χ1n) is 3.89. The number of hydrogen-bond donors (Lipinski definition) is 1. The summed E-state index contributed by atoms with van der Waals surface area (Å²) in [6.45, 7) is 7.23. The Balaban J connectivity index is 3.12. The Morgan fingerprint density at radius 2 is 1.90 bits per heavy atom. The zero-order chi connectivity index (χ0) is 7.98. The molecule has 2 heteroatoms. The summed E-state index contributed by atoms with van der Waals surface area (Å²) in [7, 11) is 0. The third-order valence-electron chi connectivity index (χ3n) is 1.25. The van der Waals surface area contributed by atoms with E-state index in [0.717, 1.165) is 13.0 Å². The summed E-state index contributed by atoms with van der Waals surface area (Å²) in [5.41, 5.74) is 0. The van der Waals surface area contributed by atoms with Crippen LogP contribution in [0, 0.1) is 5.92 Å². The predicted octanol–water partition coefficient (Wildman–Crippen LogP) is 1.43. The molecule has 1 atom stereocenters. The summed E-state index contributed by atoms with van der Waals surface area (Å²) in [6, 6.07) is 0. The molecule has 10 heavy (non-hydrogen) atoms. The summed E-state index contributed by atoms with van der Waals surface area (Å²) in [5.74, 6) is 0.584. The van der Waals surface area contributed by atoms with E-state index in [-0.39, 0.29) is 12.7 Å². The van der Waals surface area contributed by atoms with Crippen molar-refractivity contribution in [1.82, 2.24) is 0 Å². The van der Waals surface area contributed by atoms with Crippen molar-refractivity contribution in [1.29, 1.82) is 0 Å². The molecule has 0 bridgehead atoms. The molecule has 0 amide bonds. The van der Waals surface area contributed by atoms with E-state index in [1.165, 1.54) is 0 Å². The fraction of sp³-hybridized carbons (Fsp3) is 1.00. The van der Waals surface area contributed by atoms with Crippen LogP contribution in [0.4, 0.5) is 0 Å². The molecule has 0 fully saturated rings. The molecule has 1 unspecified atom stereocenters. The van der Waals surface area contributed by atoms with E-state index in [1.807, 2.05) is 6.92 Å². The van der Waals surface area contributed by atoms with Crippen LogP contribution in [0.3, 0.4) is 0 Å². The molecule has 62 valence electrons. The molecule has 0 radical (unpaired) electrons. The minimum atomic E-state index is 0.201. The zero-order valence-electron chi connectivity index (χ0n) is 7.13. The Kier molecular flexibility index (Phi) is 5.64. The van der Waals surface area contributed by atoms with Gasteiger partial charge in [-0.1, -0.05) is 13.8 Å². The van der Waals surface area contributed by atoms with Gasteiger partial charge in [0.15, 0.2) is 0 Å². The Morgan fingerprint density at radius 3 is 2.30 bits per heavy atom. The monoisotopic (exact) mass is 146 g/mol. The van der Waals surface area contributed by atoms with Gasteiger partial charge in [0.1, 0.15) is 0 Å². The van der Waals surface area contributed by atoms with Crippen LogP contribution in [-0.2, 0) is 4.74 Å². The molecule has 0 spiro atoms. The molecule has 0 aliphatic carbocycles. The summed E-state index contributed by atoms with van der Waals surface area (Å²) >= 11 is 0. The smallest absolute Gasteiger partial charge is 0.0569 e. The van der Waals surface area contributed by atoms with Gasteiger partial charge in [-0.25, -0.2) is 0 Å². The van der Waals surface area contributed by atoms with E-state index in [2.05, 4.69) is 13.8 Å². The molecule has 0 saturated carbocycles. The quantitative estimate of drug-likeness (QED) is 0.635. The van der Waals surface area contributed by atoms with E-state index < -0.39 is 0 Å². The first-order chi connectivity index (χ1) is 4.66. The van der Waals surface area contributed by atoms with Crippen molar-refractivity contribution in [3.05, 3.63) is 0 Å². The van der Waals surface area contributed by atoms with Gasteiger partial charge in [0.25, 0.3) is 0 Å². The van der Waals surface area contributed by atoms with Crippen LogP contribution in [0.2, 0.25) is 0 Å². The van der Waals surface area contributed by atoms with Crippen molar-refractivity contribution in [2.75, 3.05) is 13.2 Å². The molecular formula is C8H18O2. The van der Waals surface area contributed by atoms with Gasteiger partial charge in [-0.05, 0) is 19.3 Å². The molecule has 0 aromatic heterocycles. The van der Waals surface area contributed by atoms with E-state index in [1.54, 1.807) is 0 Å². The SMILES string of the molecule is CC(C)COC(C)CCO. The van der Waals surface area contributed by atoms with E-state index >= 15 is 0 Å². The molecule has 0 aromatic carbocycles.